The molecule has 3 rings (SSSR count). The zero-order chi connectivity index (χ0) is 14.1. The Morgan fingerprint density at radius 2 is 2.15 bits per heavy atom. The van der Waals surface area contributed by atoms with Gasteiger partial charge in [-0.1, -0.05) is 17.3 Å². The van der Waals surface area contributed by atoms with Crippen LogP contribution < -0.4 is 0 Å². The fraction of sp³-hybridized carbons (Fsp3) is 0.0714. The summed E-state index contributed by atoms with van der Waals surface area (Å²) in [6.07, 6.45) is 1.60. The Morgan fingerprint density at radius 1 is 1.30 bits per heavy atom. The first-order valence-electron chi connectivity index (χ1n) is 5.86. The summed E-state index contributed by atoms with van der Waals surface area (Å²) in [6, 6.07) is 8.33. The maximum Gasteiger partial charge on any atom is 0.259 e. The first-order chi connectivity index (χ1) is 9.67. The van der Waals surface area contributed by atoms with E-state index in [0.29, 0.717) is 28.2 Å². The van der Waals surface area contributed by atoms with Crippen LogP contribution in [0.5, 0.6) is 0 Å². The third kappa shape index (κ3) is 2.06. The third-order valence-electron chi connectivity index (χ3n) is 2.91. The summed E-state index contributed by atoms with van der Waals surface area (Å²) in [6.45, 7) is 1.68. The highest BCUT2D eigenvalue weighted by Gasteiger charge is 2.13. The largest absolute Gasteiger partial charge is 0.352 e. The molecule has 0 saturated heterocycles. The van der Waals surface area contributed by atoms with E-state index in [9.17, 15) is 4.39 Å². The molecule has 2 aromatic heterocycles. The number of hydrogen-bond acceptors (Lipinski definition) is 4. The highest BCUT2D eigenvalue weighted by Crippen LogP contribution is 2.23. The van der Waals surface area contributed by atoms with E-state index >= 15 is 0 Å². The Morgan fingerprint density at radius 3 is 2.85 bits per heavy atom. The van der Waals surface area contributed by atoms with E-state index in [0.717, 1.165) is 0 Å². The fourth-order valence-corrected chi connectivity index (χ4v) is 1.77. The average molecular weight is 268 g/mol. The molecule has 0 bridgehead atoms. The van der Waals surface area contributed by atoms with Crippen molar-refractivity contribution in [2.75, 3.05) is 0 Å². The Balaban J connectivity index is 1.97. The van der Waals surface area contributed by atoms with Crippen LogP contribution >= 0.6 is 0 Å². The van der Waals surface area contributed by atoms with Gasteiger partial charge in [-0.25, -0.2) is 4.39 Å². The summed E-state index contributed by atoms with van der Waals surface area (Å²) < 4.78 is 18.6. The van der Waals surface area contributed by atoms with E-state index in [1.54, 1.807) is 31.3 Å². The maximum atomic E-state index is 13.5. The van der Waals surface area contributed by atoms with Crippen LogP contribution in [0, 0.1) is 24.1 Å². The molecule has 1 N–H and O–H groups in total. The van der Waals surface area contributed by atoms with Crippen LogP contribution in [0.15, 0.2) is 35.0 Å². The molecule has 98 valence electrons. The summed E-state index contributed by atoms with van der Waals surface area (Å²) in [5.41, 5.74) is 2.12. The molecule has 0 spiro atoms. The molecule has 3 aromatic rings. The van der Waals surface area contributed by atoms with Crippen LogP contribution in [-0.4, -0.2) is 15.1 Å². The minimum Gasteiger partial charge on any atom is -0.352 e. The van der Waals surface area contributed by atoms with Crippen LogP contribution in [0.25, 0.3) is 22.8 Å². The molecule has 1 aromatic carbocycles. The van der Waals surface area contributed by atoms with Crippen molar-refractivity contribution in [1.82, 2.24) is 15.1 Å². The van der Waals surface area contributed by atoms with Crippen LogP contribution in [-0.2, 0) is 0 Å². The number of H-pyrrole nitrogens is 1. The normalized spacial score (nSPS) is 10.4. The molecule has 0 aliphatic rings. The first kappa shape index (κ1) is 12.1. The maximum absolute atomic E-state index is 13.5. The van der Waals surface area contributed by atoms with Crippen LogP contribution in [0.1, 0.15) is 11.3 Å². The molecule has 0 aliphatic carbocycles. The van der Waals surface area contributed by atoms with Gasteiger partial charge in [-0.2, -0.15) is 10.2 Å². The second-order valence-corrected chi connectivity index (χ2v) is 4.30. The zero-order valence-corrected chi connectivity index (χ0v) is 10.5. The highest BCUT2D eigenvalue weighted by atomic mass is 19.1. The summed E-state index contributed by atoms with van der Waals surface area (Å²) in [5.74, 6) is 0.264. The minimum absolute atomic E-state index is 0.277. The molecule has 20 heavy (non-hydrogen) atoms. The van der Waals surface area contributed by atoms with Gasteiger partial charge in [0.2, 0.25) is 5.82 Å². The number of aromatic nitrogens is 3. The van der Waals surface area contributed by atoms with E-state index in [2.05, 4.69) is 15.1 Å². The molecule has 0 amide bonds. The van der Waals surface area contributed by atoms with Gasteiger partial charge in [0.1, 0.15) is 17.6 Å². The molecule has 0 atom stereocenters. The highest BCUT2D eigenvalue weighted by molar-refractivity contribution is 5.60. The lowest BCUT2D eigenvalue weighted by Gasteiger charge is -1.97. The Kier molecular flexibility index (Phi) is 2.80. The van der Waals surface area contributed by atoms with Crippen molar-refractivity contribution in [1.29, 1.82) is 5.26 Å². The van der Waals surface area contributed by atoms with Crippen LogP contribution in [0.4, 0.5) is 4.39 Å². The molecule has 0 saturated carbocycles. The molecular formula is C14H9FN4O. The standard InChI is InChI=1S/C14H9FN4O/c1-8-2-3-9(5-12(8)15)13-18-14(20-19-13)10-4-11(6-16)17-7-10/h2-5,7,17H,1H3. The topological polar surface area (TPSA) is 78.5 Å². The Labute approximate surface area is 113 Å². The van der Waals surface area contributed by atoms with Gasteiger partial charge in [0.25, 0.3) is 5.89 Å². The molecule has 6 heteroatoms. The smallest absolute Gasteiger partial charge is 0.259 e. The molecular weight excluding hydrogens is 259 g/mol. The molecule has 0 fully saturated rings. The quantitative estimate of drug-likeness (QED) is 0.774. The van der Waals surface area contributed by atoms with E-state index in [-0.39, 0.29) is 11.7 Å². The van der Waals surface area contributed by atoms with Crippen molar-refractivity contribution in [2.24, 2.45) is 0 Å². The van der Waals surface area contributed by atoms with E-state index in [1.807, 2.05) is 6.07 Å². The second-order valence-electron chi connectivity index (χ2n) is 4.30. The SMILES string of the molecule is Cc1ccc(-c2noc(-c3c[nH]c(C#N)c3)n2)cc1F. The number of aryl methyl sites for hydroxylation is 1. The summed E-state index contributed by atoms with van der Waals surface area (Å²) in [5, 5.41) is 12.6. The van der Waals surface area contributed by atoms with E-state index in [4.69, 9.17) is 9.78 Å². The van der Waals surface area contributed by atoms with Crippen molar-refractivity contribution in [3.05, 3.63) is 47.5 Å². The van der Waals surface area contributed by atoms with Gasteiger partial charge >= 0.3 is 0 Å². The summed E-state index contributed by atoms with van der Waals surface area (Å²) in [4.78, 5) is 6.97. The summed E-state index contributed by atoms with van der Waals surface area (Å²) >= 11 is 0. The van der Waals surface area contributed by atoms with Crippen molar-refractivity contribution in [3.63, 3.8) is 0 Å². The molecule has 0 aliphatic heterocycles. The third-order valence-corrected chi connectivity index (χ3v) is 2.91. The molecule has 5 nitrogen and oxygen atoms in total. The van der Waals surface area contributed by atoms with Crippen molar-refractivity contribution >= 4 is 0 Å². The minimum atomic E-state index is -0.317. The van der Waals surface area contributed by atoms with Gasteiger partial charge in [-0.3, -0.25) is 0 Å². The molecule has 0 unspecified atom stereocenters. The lowest BCUT2D eigenvalue weighted by Crippen LogP contribution is -1.86. The van der Waals surface area contributed by atoms with Crippen molar-refractivity contribution in [2.45, 2.75) is 6.92 Å². The van der Waals surface area contributed by atoms with Crippen LogP contribution in [0.2, 0.25) is 0 Å². The molecule has 0 radical (unpaired) electrons. The lowest BCUT2D eigenvalue weighted by atomic mass is 10.1. The number of benzene rings is 1. The fourth-order valence-electron chi connectivity index (χ4n) is 1.77. The van der Waals surface area contributed by atoms with Crippen LogP contribution in [0.3, 0.4) is 0 Å². The van der Waals surface area contributed by atoms with Gasteiger partial charge < -0.3 is 9.51 Å². The summed E-state index contributed by atoms with van der Waals surface area (Å²) in [7, 11) is 0. The van der Waals surface area contributed by atoms with E-state index < -0.39 is 0 Å². The van der Waals surface area contributed by atoms with E-state index in [1.165, 1.54) is 6.07 Å². The lowest BCUT2D eigenvalue weighted by molar-refractivity contribution is 0.432. The van der Waals surface area contributed by atoms with Gasteiger partial charge in [0, 0.05) is 11.8 Å². The number of nitrogens with zero attached hydrogens (tertiary/aromatic N) is 3. The van der Waals surface area contributed by atoms with Gasteiger partial charge in [-0.15, -0.1) is 0 Å². The average Bonchev–Trinajstić information content (AvgIpc) is 3.09. The first-order valence-corrected chi connectivity index (χ1v) is 5.86. The predicted molar refractivity (Wildman–Crippen MR) is 68.9 cm³/mol. The van der Waals surface area contributed by atoms with Gasteiger partial charge in [0.15, 0.2) is 0 Å². The Hall–Kier alpha value is -2.94. The van der Waals surface area contributed by atoms with Crippen molar-refractivity contribution in [3.8, 4) is 28.9 Å². The Bertz CT molecular complexity index is 813. The number of nitriles is 1. The number of aromatic amines is 1. The predicted octanol–water partition coefficient (Wildman–Crippen LogP) is 3.05. The number of rotatable bonds is 2. The number of hydrogen-bond donors (Lipinski definition) is 1. The second kappa shape index (κ2) is 4.63. The zero-order valence-electron chi connectivity index (χ0n) is 10.5. The molecule has 2 heterocycles. The van der Waals surface area contributed by atoms with Crippen molar-refractivity contribution < 1.29 is 8.91 Å². The monoisotopic (exact) mass is 268 g/mol. The van der Waals surface area contributed by atoms with Gasteiger partial charge in [-0.05, 0) is 24.6 Å². The number of halogens is 1. The van der Waals surface area contributed by atoms with Gasteiger partial charge in [0.05, 0.1) is 5.56 Å². The number of nitrogens with one attached hydrogen (secondary N) is 1.